The Balaban J connectivity index is 1.92. The lowest BCUT2D eigenvalue weighted by Crippen LogP contribution is -2.30. The van der Waals surface area contributed by atoms with Gasteiger partial charge in [0.15, 0.2) is 6.61 Å². The van der Waals surface area contributed by atoms with Crippen LogP contribution in [0.25, 0.3) is 0 Å². The predicted octanol–water partition coefficient (Wildman–Crippen LogP) is 3.24. The van der Waals surface area contributed by atoms with Gasteiger partial charge in [-0.05, 0) is 36.1 Å². The first-order valence-corrected chi connectivity index (χ1v) is 9.47. The maximum atomic E-state index is 12.3. The van der Waals surface area contributed by atoms with E-state index in [4.69, 9.17) is 14.2 Å². The molecule has 6 nitrogen and oxygen atoms in total. The Labute approximate surface area is 163 Å². The lowest BCUT2D eigenvalue weighted by atomic mass is 10.2. The molecule has 0 heterocycles. The largest absolute Gasteiger partial charge is 0.497 e. The topological polar surface area (TPSA) is 65.1 Å². The van der Waals surface area contributed by atoms with Crippen LogP contribution in [0.4, 0.5) is 0 Å². The number of esters is 1. The summed E-state index contributed by atoms with van der Waals surface area (Å²) in [5.41, 5.74) is 1.24. The number of carbonyl (C=O) groups is 2. The number of thioether (sulfide) groups is 1. The smallest absolute Gasteiger partial charge is 0.342 e. The zero-order valence-corrected chi connectivity index (χ0v) is 16.7. The number of hydrogen-bond acceptors (Lipinski definition) is 6. The fourth-order valence-electron chi connectivity index (χ4n) is 2.38. The predicted molar refractivity (Wildman–Crippen MR) is 105 cm³/mol. The molecule has 2 aromatic carbocycles. The number of methoxy groups -OCH3 is 2. The number of hydrogen-bond donors (Lipinski definition) is 0. The third kappa shape index (κ3) is 5.65. The molecule has 0 radical (unpaired) electrons. The van der Waals surface area contributed by atoms with Crippen LogP contribution in [0, 0.1) is 0 Å². The maximum absolute atomic E-state index is 12.3. The summed E-state index contributed by atoms with van der Waals surface area (Å²) in [5, 5.41) is 0. The van der Waals surface area contributed by atoms with E-state index in [2.05, 4.69) is 0 Å². The minimum atomic E-state index is -0.624. The number of nitrogens with zero attached hydrogens (tertiary/aromatic N) is 1. The van der Waals surface area contributed by atoms with Crippen molar-refractivity contribution in [3.8, 4) is 11.5 Å². The molecule has 7 heteroatoms. The summed E-state index contributed by atoms with van der Waals surface area (Å²) in [4.78, 5) is 27.2. The SMILES string of the molecule is COc1ccc(C(=O)OCC(=O)N(C)Cc2ccc(SC)cc2)c(OC)c1. The second-order valence-electron chi connectivity index (χ2n) is 5.74. The van der Waals surface area contributed by atoms with E-state index in [9.17, 15) is 9.59 Å². The number of ether oxygens (including phenoxy) is 3. The van der Waals surface area contributed by atoms with Gasteiger partial charge in [0.1, 0.15) is 17.1 Å². The van der Waals surface area contributed by atoms with Gasteiger partial charge in [-0.15, -0.1) is 11.8 Å². The lowest BCUT2D eigenvalue weighted by Gasteiger charge is -2.17. The van der Waals surface area contributed by atoms with E-state index in [-0.39, 0.29) is 18.1 Å². The normalized spacial score (nSPS) is 10.2. The molecule has 0 aromatic heterocycles. The fraction of sp³-hybridized carbons (Fsp3) is 0.300. The van der Waals surface area contributed by atoms with Crippen LogP contribution < -0.4 is 9.47 Å². The molecule has 0 aliphatic heterocycles. The molecule has 2 aromatic rings. The minimum Gasteiger partial charge on any atom is -0.497 e. The van der Waals surface area contributed by atoms with Crippen molar-refractivity contribution in [2.45, 2.75) is 11.4 Å². The molecule has 0 fully saturated rings. The lowest BCUT2D eigenvalue weighted by molar-refractivity contribution is -0.133. The van der Waals surface area contributed by atoms with E-state index in [0.717, 1.165) is 10.5 Å². The van der Waals surface area contributed by atoms with Crippen LogP contribution in [0.15, 0.2) is 47.4 Å². The number of likely N-dealkylation sites (N-methyl/N-ethyl adjacent to an activating group) is 1. The van der Waals surface area contributed by atoms with Crippen LogP contribution >= 0.6 is 11.8 Å². The highest BCUT2D eigenvalue weighted by molar-refractivity contribution is 7.98. The zero-order chi connectivity index (χ0) is 19.8. The molecule has 0 saturated carbocycles. The fourth-order valence-corrected chi connectivity index (χ4v) is 2.78. The summed E-state index contributed by atoms with van der Waals surface area (Å²) in [6, 6.07) is 12.7. The maximum Gasteiger partial charge on any atom is 0.342 e. The number of rotatable bonds is 8. The van der Waals surface area contributed by atoms with Crippen molar-refractivity contribution in [2.24, 2.45) is 0 Å². The van der Waals surface area contributed by atoms with Crippen LogP contribution in [0.5, 0.6) is 11.5 Å². The number of amides is 1. The Bertz CT molecular complexity index is 791. The molecule has 0 bridgehead atoms. The van der Waals surface area contributed by atoms with Gasteiger partial charge in [0.25, 0.3) is 5.91 Å². The number of carbonyl (C=O) groups excluding carboxylic acids is 2. The highest BCUT2D eigenvalue weighted by atomic mass is 32.2. The van der Waals surface area contributed by atoms with Crippen molar-refractivity contribution >= 4 is 23.6 Å². The van der Waals surface area contributed by atoms with Gasteiger partial charge in [-0.2, -0.15) is 0 Å². The molecule has 0 spiro atoms. The van der Waals surface area contributed by atoms with Gasteiger partial charge in [-0.1, -0.05) is 12.1 Å². The van der Waals surface area contributed by atoms with Gasteiger partial charge in [0.2, 0.25) is 0 Å². The molecule has 0 N–H and O–H groups in total. The second-order valence-corrected chi connectivity index (χ2v) is 6.62. The average molecular weight is 389 g/mol. The zero-order valence-electron chi connectivity index (χ0n) is 15.9. The molecule has 0 saturated heterocycles. The molecule has 0 aliphatic rings. The minimum absolute atomic E-state index is 0.237. The van der Waals surface area contributed by atoms with Crippen LogP contribution in [0.2, 0.25) is 0 Å². The highest BCUT2D eigenvalue weighted by Crippen LogP contribution is 2.25. The monoisotopic (exact) mass is 389 g/mol. The van der Waals surface area contributed by atoms with E-state index in [1.54, 1.807) is 37.0 Å². The molecule has 27 heavy (non-hydrogen) atoms. The van der Waals surface area contributed by atoms with E-state index in [1.807, 2.05) is 30.5 Å². The summed E-state index contributed by atoms with van der Waals surface area (Å²) in [7, 11) is 4.65. The molecule has 2 rings (SSSR count). The Kier molecular flexibility index (Phi) is 7.55. The summed E-state index contributed by atoms with van der Waals surface area (Å²) in [6.45, 7) is 0.102. The van der Waals surface area contributed by atoms with Gasteiger partial charge in [-0.25, -0.2) is 4.79 Å². The van der Waals surface area contributed by atoms with E-state index >= 15 is 0 Å². The van der Waals surface area contributed by atoms with Gasteiger partial charge >= 0.3 is 5.97 Å². The van der Waals surface area contributed by atoms with Crippen molar-refractivity contribution in [2.75, 3.05) is 34.1 Å². The third-order valence-corrected chi connectivity index (χ3v) is 4.70. The van der Waals surface area contributed by atoms with Crippen LogP contribution in [0.3, 0.4) is 0 Å². The summed E-state index contributed by atoms with van der Waals surface area (Å²) in [5.74, 6) is -0.0221. The summed E-state index contributed by atoms with van der Waals surface area (Å²) < 4.78 is 15.4. The first-order chi connectivity index (χ1) is 13.0. The van der Waals surface area contributed by atoms with Crippen LogP contribution in [0.1, 0.15) is 15.9 Å². The van der Waals surface area contributed by atoms with Crippen molar-refractivity contribution in [3.63, 3.8) is 0 Å². The van der Waals surface area contributed by atoms with E-state index < -0.39 is 5.97 Å². The van der Waals surface area contributed by atoms with Crippen molar-refractivity contribution < 1.29 is 23.8 Å². The highest BCUT2D eigenvalue weighted by Gasteiger charge is 2.18. The summed E-state index contributed by atoms with van der Waals surface area (Å²) >= 11 is 1.66. The second kappa shape index (κ2) is 9.87. The van der Waals surface area contributed by atoms with Crippen molar-refractivity contribution in [1.82, 2.24) is 4.90 Å². The first kappa shape index (κ1) is 20.6. The van der Waals surface area contributed by atoms with Crippen LogP contribution in [-0.4, -0.2) is 50.9 Å². The Hall–Kier alpha value is -2.67. The average Bonchev–Trinajstić information content (AvgIpc) is 2.71. The molecule has 144 valence electrons. The number of benzene rings is 2. The van der Waals surface area contributed by atoms with Gasteiger partial charge < -0.3 is 19.1 Å². The Morgan fingerprint density at radius 2 is 1.74 bits per heavy atom. The molecule has 1 amide bonds. The van der Waals surface area contributed by atoms with Crippen molar-refractivity contribution in [1.29, 1.82) is 0 Å². The van der Waals surface area contributed by atoms with Gasteiger partial charge in [0, 0.05) is 24.6 Å². The van der Waals surface area contributed by atoms with Crippen molar-refractivity contribution in [3.05, 3.63) is 53.6 Å². The van der Waals surface area contributed by atoms with E-state index in [1.165, 1.54) is 19.1 Å². The van der Waals surface area contributed by atoms with Crippen LogP contribution in [-0.2, 0) is 16.1 Å². The molecular weight excluding hydrogens is 366 g/mol. The third-order valence-electron chi connectivity index (χ3n) is 3.96. The molecule has 0 unspecified atom stereocenters. The summed E-state index contributed by atoms with van der Waals surface area (Å²) in [6.07, 6.45) is 2.01. The molecule has 0 aliphatic carbocycles. The van der Waals surface area contributed by atoms with Gasteiger partial charge in [0.05, 0.1) is 14.2 Å². The molecular formula is C20H23NO5S. The standard InChI is InChI=1S/C20H23NO5S/c1-21(12-14-5-8-16(27-4)9-6-14)19(22)13-26-20(23)17-10-7-15(24-2)11-18(17)25-3/h5-11H,12-13H2,1-4H3. The Morgan fingerprint density at radius 3 is 2.33 bits per heavy atom. The first-order valence-electron chi connectivity index (χ1n) is 8.24. The molecule has 0 atom stereocenters. The van der Waals surface area contributed by atoms with E-state index in [0.29, 0.717) is 18.0 Å². The Morgan fingerprint density at radius 1 is 1.04 bits per heavy atom. The quantitative estimate of drug-likeness (QED) is 0.510. The van der Waals surface area contributed by atoms with Gasteiger partial charge in [-0.3, -0.25) is 4.79 Å².